The molecule has 0 amide bonds. The van der Waals surface area contributed by atoms with E-state index in [1.807, 2.05) is 42.5 Å². The summed E-state index contributed by atoms with van der Waals surface area (Å²) in [7, 11) is 0. The smallest absolute Gasteiger partial charge is 0.169 e. The highest BCUT2D eigenvalue weighted by atomic mass is 16.5. The second-order valence-electron chi connectivity index (χ2n) is 16.1. The van der Waals surface area contributed by atoms with E-state index in [1.54, 1.807) is 6.20 Å². The third-order valence-electron chi connectivity index (χ3n) is 12.5. The first-order valence-electron chi connectivity index (χ1n) is 21.1. The number of nitrogens with zero attached hydrogens (tertiary/aromatic N) is 2. The van der Waals surface area contributed by atoms with E-state index in [-0.39, 0.29) is 6.04 Å². The predicted molar refractivity (Wildman–Crippen MR) is 251 cm³/mol. The Balaban J connectivity index is 1.11. The van der Waals surface area contributed by atoms with Gasteiger partial charge in [0.1, 0.15) is 23.2 Å². The molecule has 4 aliphatic heterocycles. The number of aliphatic imine (C=N–C) groups is 2. The summed E-state index contributed by atoms with van der Waals surface area (Å²) in [6, 6.07) is 51.4. The lowest BCUT2D eigenvalue weighted by Crippen LogP contribution is -2.36. The monoisotopic (exact) mass is 804 g/mol. The topological polar surface area (TPSA) is 96.1 Å². The van der Waals surface area contributed by atoms with Crippen molar-refractivity contribution in [1.29, 1.82) is 0 Å². The second-order valence-corrected chi connectivity index (χ2v) is 16.1. The van der Waals surface area contributed by atoms with Crippen LogP contribution in [0, 0.1) is 0 Å². The summed E-state index contributed by atoms with van der Waals surface area (Å²) < 4.78 is 6.75. The quantitative estimate of drug-likeness (QED) is 0.120. The van der Waals surface area contributed by atoms with Gasteiger partial charge < -0.3 is 26.4 Å². The van der Waals surface area contributed by atoms with Gasteiger partial charge in [-0.1, -0.05) is 146 Å². The predicted octanol–water partition coefficient (Wildman–Crippen LogP) is 10.4. The van der Waals surface area contributed by atoms with Crippen LogP contribution >= 0.6 is 0 Å². The van der Waals surface area contributed by atoms with Gasteiger partial charge in [0, 0.05) is 46.3 Å². The maximum atomic E-state index is 6.75. The van der Waals surface area contributed by atoms with Gasteiger partial charge in [0.05, 0.1) is 11.5 Å². The molecule has 11 rings (SSSR count). The average Bonchev–Trinajstić information content (AvgIpc) is 3.63. The molecule has 300 valence electrons. The van der Waals surface area contributed by atoms with E-state index >= 15 is 0 Å². The lowest BCUT2D eigenvalue weighted by atomic mass is 9.65. The van der Waals surface area contributed by atoms with Crippen molar-refractivity contribution in [3.05, 3.63) is 256 Å². The Morgan fingerprint density at radius 2 is 1.32 bits per heavy atom. The first kappa shape index (κ1) is 37.1. The SMILES string of the molecule is C/C(=C\C=C/N)C1NC(C2=CNCC=C2)=CC=C1c1ccc2c(c1)C1(c3ccccc3Oc3ccccc31)c1cc(C3=NC(c4ccccc4)N=C(c4ccccc4)N3)ccc1-2. The first-order valence-corrected chi connectivity index (χ1v) is 21.1. The van der Waals surface area contributed by atoms with Crippen LogP contribution in [0.3, 0.4) is 0 Å². The number of nitrogens with one attached hydrogen (secondary N) is 3. The van der Waals surface area contributed by atoms with Crippen molar-refractivity contribution in [3.8, 4) is 22.6 Å². The number of hydrogen-bond donors (Lipinski definition) is 4. The molecule has 0 saturated heterocycles. The molecule has 6 aromatic rings. The highest BCUT2D eigenvalue weighted by Crippen LogP contribution is 2.62. The Morgan fingerprint density at radius 3 is 2.00 bits per heavy atom. The Labute approximate surface area is 361 Å². The molecular formula is C55H44N6O. The lowest BCUT2D eigenvalue weighted by molar-refractivity contribution is 0.436. The minimum absolute atomic E-state index is 0.102. The normalized spacial score (nSPS) is 19.2. The summed E-state index contributed by atoms with van der Waals surface area (Å²) in [4.78, 5) is 10.4. The van der Waals surface area contributed by atoms with Gasteiger partial charge in [0.2, 0.25) is 0 Å². The molecule has 2 unspecified atom stereocenters. The molecule has 4 heterocycles. The van der Waals surface area contributed by atoms with Gasteiger partial charge in [0.15, 0.2) is 6.17 Å². The van der Waals surface area contributed by atoms with Crippen molar-refractivity contribution >= 4 is 17.2 Å². The summed E-state index contributed by atoms with van der Waals surface area (Å²) in [5.41, 5.74) is 20.7. The van der Waals surface area contributed by atoms with Crippen LogP contribution in [-0.4, -0.2) is 24.3 Å². The lowest BCUT2D eigenvalue weighted by Gasteiger charge is -2.39. The first-order chi connectivity index (χ1) is 30.6. The van der Waals surface area contributed by atoms with Crippen LogP contribution in [0.15, 0.2) is 221 Å². The molecule has 7 nitrogen and oxygen atoms in total. The Kier molecular flexibility index (Phi) is 9.15. The number of rotatable bonds is 7. The molecule has 0 radical (unpaired) electrons. The third kappa shape index (κ3) is 6.12. The highest BCUT2D eigenvalue weighted by Gasteiger charge is 2.51. The van der Waals surface area contributed by atoms with Crippen LogP contribution < -0.4 is 26.4 Å². The van der Waals surface area contributed by atoms with E-state index in [0.717, 1.165) is 79.9 Å². The van der Waals surface area contributed by atoms with Crippen LogP contribution in [0.1, 0.15) is 57.6 Å². The highest BCUT2D eigenvalue weighted by molar-refractivity contribution is 6.16. The molecule has 0 saturated carbocycles. The molecule has 5 aliphatic rings. The number of dihydropyridines is 2. The maximum absolute atomic E-state index is 6.75. The molecule has 1 spiro atoms. The third-order valence-corrected chi connectivity index (χ3v) is 12.5. The molecule has 2 atom stereocenters. The summed E-state index contributed by atoms with van der Waals surface area (Å²) in [5, 5.41) is 10.9. The molecule has 5 N–H and O–H groups in total. The zero-order valence-electron chi connectivity index (χ0n) is 34.2. The fraction of sp³-hybridized carbons (Fsp3) is 0.0909. The fourth-order valence-electron chi connectivity index (χ4n) is 9.63. The van der Waals surface area contributed by atoms with Crippen LogP contribution in [0.25, 0.3) is 16.7 Å². The van der Waals surface area contributed by atoms with Crippen molar-refractivity contribution in [2.45, 2.75) is 24.5 Å². The van der Waals surface area contributed by atoms with E-state index in [0.29, 0.717) is 0 Å². The Bertz CT molecular complexity index is 2980. The van der Waals surface area contributed by atoms with E-state index in [9.17, 15) is 0 Å². The molecule has 6 aromatic carbocycles. The molecular weight excluding hydrogens is 761 g/mol. The number of amidine groups is 2. The zero-order valence-corrected chi connectivity index (χ0v) is 34.2. The molecule has 7 heteroatoms. The Hall–Kier alpha value is -7.90. The fourth-order valence-corrected chi connectivity index (χ4v) is 9.63. The summed E-state index contributed by atoms with van der Waals surface area (Å²) in [6.45, 7) is 2.98. The molecule has 62 heavy (non-hydrogen) atoms. The molecule has 0 bridgehead atoms. The van der Waals surface area contributed by atoms with Crippen molar-refractivity contribution in [2.75, 3.05) is 6.54 Å². The number of ether oxygens (including phenoxy) is 1. The van der Waals surface area contributed by atoms with Crippen LogP contribution in [-0.2, 0) is 5.41 Å². The Morgan fingerprint density at radius 1 is 0.694 bits per heavy atom. The van der Waals surface area contributed by atoms with Gasteiger partial charge in [-0.05, 0) is 94.1 Å². The largest absolute Gasteiger partial charge is 0.457 e. The average molecular weight is 805 g/mol. The van der Waals surface area contributed by atoms with Crippen molar-refractivity contribution < 1.29 is 4.74 Å². The van der Waals surface area contributed by atoms with E-state index in [4.69, 9.17) is 20.5 Å². The van der Waals surface area contributed by atoms with Crippen molar-refractivity contribution in [2.24, 2.45) is 15.7 Å². The maximum Gasteiger partial charge on any atom is 0.169 e. The van der Waals surface area contributed by atoms with Gasteiger partial charge in [-0.15, -0.1) is 0 Å². The van der Waals surface area contributed by atoms with Gasteiger partial charge in [-0.2, -0.15) is 0 Å². The second kappa shape index (κ2) is 15.3. The standard InChI is InChI=1S/C55H44N6O/c1-35(14-12-30-56)51-41(28-29-48(58-51)40-19-13-31-57-34-40)38-24-26-42-43-27-25-39(54-60-52(36-15-4-2-5-16-36)59-53(61-54)37-17-6-3-7-18-37)33-47(43)55(46(42)32-38)44-20-8-10-22-49(44)62-50-23-11-9-21-45(50)55/h2-30,32-34,51-52,57-58H,31,56H2,1H3,(H,59,60,61)/b30-12-,35-14+. The number of fused-ring (bicyclic) bond motifs is 9. The number of hydrogen-bond acceptors (Lipinski definition) is 7. The molecule has 0 aromatic heterocycles. The number of benzene rings is 6. The summed E-state index contributed by atoms with van der Waals surface area (Å²) >= 11 is 0. The summed E-state index contributed by atoms with van der Waals surface area (Å²) in [6.07, 6.45) is 16.0. The van der Waals surface area contributed by atoms with E-state index in [2.05, 4.69) is 169 Å². The van der Waals surface area contributed by atoms with E-state index in [1.165, 1.54) is 27.8 Å². The van der Waals surface area contributed by atoms with Gasteiger partial charge in [-0.3, -0.25) is 0 Å². The summed E-state index contributed by atoms with van der Waals surface area (Å²) in [5.74, 6) is 3.24. The van der Waals surface area contributed by atoms with Crippen LogP contribution in [0.4, 0.5) is 0 Å². The minimum atomic E-state index is -0.706. The van der Waals surface area contributed by atoms with Gasteiger partial charge >= 0.3 is 0 Å². The molecule has 0 fully saturated rings. The number of allylic oxidation sites excluding steroid dienone is 5. The van der Waals surface area contributed by atoms with Gasteiger partial charge in [-0.25, -0.2) is 9.98 Å². The van der Waals surface area contributed by atoms with Crippen LogP contribution in [0.2, 0.25) is 0 Å². The van der Waals surface area contributed by atoms with E-state index < -0.39 is 11.6 Å². The van der Waals surface area contributed by atoms with Crippen molar-refractivity contribution in [1.82, 2.24) is 16.0 Å². The number of para-hydroxylation sites is 2. The van der Waals surface area contributed by atoms with Crippen molar-refractivity contribution in [3.63, 3.8) is 0 Å². The number of nitrogens with two attached hydrogens (primary N) is 1. The van der Waals surface area contributed by atoms with Crippen LogP contribution in [0.5, 0.6) is 11.5 Å². The van der Waals surface area contributed by atoms with Gasteiger partial charge in [0.25, 0.3) is 0 Å². The minimum Gasteiger partial charge on any atom is -0.457 e. The molecule has 1 aliphatic carbocycles. The zero-order chi connectivity index (χ0) is 41.6.